The molecule has 178 valence electrons. The largest absolute Gasteiger partial charge is 0.747 e. The van der Waals surface area contributed by atoms with Gasteiger partial charge in [0.2, 0.25) is 0 Å². The molecule has 0 aliphatic heterocycles. The average Bonchev–Trinajstić information content (AvgIpc) is 3.14. The third kappa shape index (κ3) is 4.35. The predicted octanol–water partition coefficient (Wildman–Crippen LogP) is 5.71. The molecule has 2 saturated carbocycles. The summed E-state index contributed by atoms with van der Waals surface area (Å²) in [5, 5.41) is -1.30. The molecule has 0 radical (unpaired) electrons. The molecule has 6 heteroatoms. The Labute approximate surface area is 205 Å². The van der Waals surface area contributed by atoms with Crippen molar-refractivity contribution in [3.05, 3.63) is 91.0 Å². The van der Waals surface area contributed by atoms with Crippen LogP contribution < -0.4 is 0 Å². The fourth-order valence-electron chi connectivity index (χ4n) is 5.41. The van der Waals surface area contributed by atoms with E-state index in [-0.39, 0.29) is 28.0 Å². The summed E-state index contributed by atoms with van der Waals surface area (Å²) in [6.07, 6.45) is 1.37. The molecule has 3 unspecified atom stereocenters. The van der Waals surface area contributed by atoms with Gasteiger partial charge in [-0.2, -0.15) is 0 Å². The smallest absolute Gasteiger partial charge is 0.166 e. The van der Waals surface area contributed by atoms with Crippen molar-refractivity contribution in [2.24, 2.45) is 16.7 Å². The van der Waals surface area contributed by atoms with Crippen molar-refractivity contribution in [1.29, 1.82) is 0 Å². The van der Waals surface area contributed by atoms with Crippen molar-refractivity contribution in [3.63, 3.8) is 0 Å². The number of hydrogen-bond acceptors (Lipinski definition) is 4. The van der Waals surface area contributed by atoms with Gasteiger partial charge < -0.3 is 4.55 Å². The third-order valence-electron chi connectivity index (χ3n) is 7.72. The van der Waals surface area contributed by atoms with Crippen LogP contribution in [-0.2, 0) is 25.8 Å². The Morgan fingerprint density at radius 1 is 0.765 bits per heavy atom. The topological polar surface area (TPSA) is 74.3 Å². The van der Waals surface area contributed by atoms with Crippen LogP contribution in [0.3, 0.4) is 0 Å². The Morgan fingerprint density at radius 3 is 1.41 bits per heavy atom. The molecule has 5 rings (SSSR count). The van der Waals surface area contributed by atoms with E-state index in [0.29, 0.717) is 12.8 Å². The van der Waals surface area contributed by atoms with E-state index >= 15 is 0 Å². The third-order valence-corrected chi connectivity index (χ3v) is 11.1. The second-order valence-corrected chi connectivity index (χ2v) is 13.2. The van der Waals surface area contributed by atoms with Crippen molar-refractivity contribution in [3.8, 4) is 0 Å². The lowest BCUT2D eigenvalue weighted by molar-refractivity contribution is -0.128. The van der Waals surface area contributed by atoms with Gasteiger partial charge in [-0.1, -0.05) is 75.4 Å². The minimum absolute atomic E-state index is 0.0146. The van der Waals surface area contributed by atoms with E-state index in [0.717, 1.165) is 0 Å². The average molecular weight is 495 g/mol. The van der Waals surface area contributed by atoms with Crippen molar-refractivity contribution < 1.29 is 17.8 Å². The number of ketones is 1. The number of benzene rings is 3. The maximum absolute atomic E-state index is 12.0. The number of carbonyl (C=O) groups excluding carboxylic acids is 1. The molecular weight excluding hydrogens is 464 g/mol. The van der Waals surface area contributed by atoms with Crippen LogP contribution in [-0.4, -0.2) is 24.0 Å². The number of rotatable bonds is 4. The molecule has 0 saturated heterocycles. The molecule has 0 heterocycles. The maximum Gasteiger partial charge on any atom is 0.166 e. The number of fused-ring (bicyclic) bond motifs is 2. The quantitative estimate of drug-likeness (QED) is 0.344. The Hall–Kier alpha value is -2.41. The first-order valence-electron chi connectivity index (χ1n) is 11.5. The molecule has 0 N–H and O–H groups in total. The highest BCUT2D eigenvalue weighted by Gasteiger charge is 2.67. The fraction of sp³-hybridized carbons (Fsp3) is 0.321. The van der Waals surface area contributed by atoms with Crippen LogP contribution in [0.15, 0.2) is 106 Å². The van der Waals surface area contributed by atoms with E-state index in [4.69, 9.17) is 0 Å². The summed E-state index contributed by atoms with van der Waals surface area (Å²) < 4.78 is 33.3. The summed E-state index contributed by atoms with van der Waals surface area (Å²) in [6.45, 7) is 5.59. The highest BCUT2D eigenvalue weighted by Crippen LogP contribution is 2.64. The van der Waals surface area contributed by atoms with Crippen molar-refractivity contribution in [1.82, 2.24) is 0 Å². The molecule has 2 fully saturated rings. The fourth-order valence-corrected chi connectivity index (χ4v) is 8.92. The first-order chi connectivity index (χ1) is 16.1. The van der Waals surface area contributed by atoms with Gasteiger partial charge in [0.1, 0.15) is 15.4 Å². The summed E-state index contributed by atoms with van der Waals surface area (Å²) >= 11 is 0. The van der Waals surface area contributed by atoms with Gasteiger partial charge in [-0.15, -0.1) is 0 Å². The molecule has 2 aliphatic carbocycles. The van der Waals surface area contributed by atoms with Crippen LogP contribution in [0, 0.1) is 16.7 Å². The lowest BCUT2D eigenvalue weighted by atomic mass is 9.70. The monoisotopic (exact) mass is 494 g/mol. The lowest BCUT2D eigenvalue weighted by Crippen LogP contribution is -2.38. The molecule has 2 aliphatic rings. The van der Waals surface area contributed by atoms with Crippen LogP contribution >= 0.6 is 0 Å². The second-order valence-electron chi connectivity index (χ2n) is 9.72. The van der Waals surface area contributed by atoms with E-state index in [1.165, 1.54) is 14.7 Å². The zero-order valence-electron chi connectivity index (χ0n) is 19.7. The number of Topliss-reactive ketones (excluding diaryl/α,β-unsaturated/α-hetero) is 1. The number of hydrogen-bond donors (Lipinski definition) is 0. The molecule has 3 aromatic carbocycles. The van der Waals surface area contributed by atoms with E-state index in [1.807, 2.05) is 13.8 Å². The van der Waals surface area contributed by atoms with Crippen molar-refractivity contribution in [2.45, 2.75) is 53.5 Å². The van der Waals surface area contributed by atoms with Crippen molar-refractivity contribution >= 4 is 26.8 Å². The van der Waals surface area contributed by atoms with Gasteiger partial charge in [0.05, 0.1) is 10.9 Å². The van der Waals surface area contributed by atoms with Crippen LogP contribution in [0.5, 0.6) is 0 Å². The molecule has 0 spiro atoms. The highest BCUT2D eigenvalue weighted by molar-refractivity contribution is 7.97. The molecule has 3 aromatic rings. The zero-order valence-corrected chi connectivity index (χ0v) is 21.3. The van der Waals surface area contributed by atoms with Crippen LogP contribution in [0.25, 0.3) is 0 Å². The highest BCUT2D eigenvalue weighted by atomic mass is 32.2. The lowest BCUT2D eigenvalue weighted by Gasteiger charge is -2.32. The molecule has 0 amide bonds. The SMILES string of the molecule is CC12CCC(C(S(=O)(=O)[O-])C1=O)C2(C)C.c1ccc([S+](c2ccccc2)c2ccccc2)cc1. The predicted molar refractivity (Wildman–Crippen MR) is 135 cm³/mol. The van der Waals surface area contributed by atoms with Gasteiger partial charge in [-0.3, -0.25) is 4.79 Å². The zero-order chi connectivity index (χ0) is 24.6. The standard InChI is InChI=1S/C18H15S.C10H16O4S/c1-4-10-16(11-5-1)19(17-12-6-2-7-13-17)18-14-8-3-9-15-18;1-9(2)6-4-5-10(9,3)8(11)7(6)15(12,13)14/h1-15H;6-7H,4-5H2,1-3H3,(H,12,13,14)/q+1;/p-1. The Balaban J connectivity index is 0.000000166. The van der Waals surface area contributed by atoms with Crippen LogP contribution in [0.4, 0.5) is 0 Å². The van der Waals surface area contributed by atoms with Gasteiger partial charge in [-0.05, 0) is 60.6 Å². The Morgan fingerprint density at radius 2 is 1.15 bits per heavy atom. The summed E-state index contributed by atoms with van der Waals surface area (Å²) in [5.74, 6) is -0.656. The second kappa shape index (κ2) is 9.33. The number of carbonyl (C=O) groups is 1. The molecule has 2 bridgehead atoms. The molecule has 0 aromatic heterocycles. The normalized spacial score (nSPS) is 25.1. The first kappa shape index (κ1) is 24.7. The minimum atomic E-state index is -4.49. The van der Waals surface area contributed by atoms with E-state index < -0.39 is 20.8 Å². The summed E-state index contributed by atoms with van der Waals surface area (Å²) in [7, 11) is -4.51. The van der Waals surface area contributed by atoms with Gasteiger partial charge in [0.25, 0.3) is 0 Å². The first-order valence-corrected chi connectivity index (χ1v) is 14.2. The van der Waals surface area contributed by atoms with Gasteiger partial charge in [0.15, 0.2) is 20.5 Å². The minimum Gasteiger partial charge on any atom is -0.747 e. The van der Waals surface area contributed by atoms with Gasteiger partial charge >= 0.3 is 0 Å². The molecular formula is C28H30O4S2. The van der Waals surface area contributed by atoms with E-state index in [9.17, 15) is 17.8 Å². The Kier molecular flexibility index (Phi) is 6.78. The van der Waals surface area contributed by atoms with Crippen LogP contribution in [0.2, 0.25) is 0 Å². The maximum atomic E-state index is 12.0. The van der Waals surface area contributed by atoms with E-state index in [1.54, 1.807) is 6.92 Å². The van der Waals surface area contributed by atoms with E-state index in [2.05, 4.69) is 91.0 Å². The molecule has 3 atom stereocenters. The molecule has 34 heavy (non-hydrogen) atoms. The van der Waals surface area contributed by atoms with Gasteiger partial charge in [-0.25, -0.2) is 8.42 Å². The Bertz CT molecular complexity index is 1150. The van der Waals surface area contributed by atoms with Gasteiger partial charge in [0, 0.05) is 5.41 Å². The van der Waals surface area contributed by atoms with Crippen LogP contribution in [0.1, 0.15) is 33.6 Å². The summed E-state index contributed by atoms with van der Waals surface area (Å²) in [5.41, 5.74) is -0.994. The summed E-state index contributed by atoms with van der Waals surface area (Å²) in [6, 6.07) is 32.2. The molecule has 4 nitrogen and oxygen atoms in total. The summed E-state index contributed by atoms with van der Waals surface area (Å²) in [4.78, 5) is 16.1. The van der Waals surface area contributed by atoms with Crippen molar-refractivity contribution in [2.75, 3.05) is 0 Å².